The molecule has 2 heteroatoms. The second kappa shape index (κ2) is 12.2. The minimum absolute atomic E-state index is 0.0147. The van der Waals surface area contributed by atoms with E-state index in [1.54, 1.807) is 0 Å². The van der Waals surface area contributed by atoms with Crippen LogP contribution in [0.3, 0.4) is 0 Å². The van der Waals surface area contributed by atoms with Gasteiger partial charge in [-0.1, -0.05) is 118 Å². The maximum Gasteiger partial charge on any atom is 0.0463 e. The van der Waals surface area contributed by atoms with Gasteiger partial charge in [0.1, 0.15) is 0 Å². The second-order valence-corrected chi connectivity index (χ2v) is 13.5. The molecule has 0 aliphatic heterocycles. The molecule has 0 saturated heterocycles. The SMILES string of the molecule is CC1C=CC(N(c2ccccc2)c2ccc(N(c3ccccc3)c3ccc(-c4ccc5c(c4)-c4ccccc4C5(C)C)cc3)cc2)=CC1. The Kier molecular flexibility index (Phi) is 7.57. The van der Waals surface area contributed by atoms with Crippen LogP contribution >= 0.6 is 0 Å². The summed E-state index contributed by atoms with van der Waals surface area (Å²) >= 11 is 0. The molecular formula is C46H40N2. The van der Waals surface area contributed by atoms with Gasteiger partial charge < -0.3 is 9.80 Å². The Bertz CT molecular complexity index is 2120. The zero-order valence-electron chi connectivity index (χ0n) is 27.8. The van der Waals surface area contributed by atoms with Crippen molar-refractivity contribution in [2.45, 2.75) is 32.6 Å². The average molecular weight is 621 g/mol. The van der Waals surface area contributed by atoms with Crippen LogP contribution in [0, 0.1) is 5.92 Å². The Morgan fingerprint density at radius 2 is 1.00 bits per heavy atom. The third-order valence-corrected chi connectivity index (χ3v) is 9.99. The zero-order valence-corrected chi connectivity index (χ0v) is 27.8. The van der Waals surface area contributed by atoms with E-state index in [0.29, 0.717) is 5.92 Å². The van der Waals surface area contributed by atoms with Gasteiger partial charge >= 0.3 is 0 Å². The summed E-state index contributed by atoms with van der Waals surface area (Å²) in [4.78, 5) is 4.69. The van der Waals surface area contributed by atoms with Crippen LogP contribution in [-0.2, 0) is 5.41 Å². The maximum absolute atomic E-state index is 2.38. The lowest BCUT2D eigenvalue weighted by atomic mass is 9.82. The van der Waals surface area contributed by atoms with Gasteiger partial charge in [-0.3, -0.25) is 0 Å². The van der Waals surface area contributed by atoms with Crippen molar-refractivity contribution in [1.29, 1.82) is 0 Å². The topological polar surface area (TPSA) is 6.48 Å². The van der Waals surface area contributed by atoms with Crippen molar-refractivity contribution in [3.05, 3.63) is 187 Å². The summed E-state index contributed by atoms with van der Waals surface area (Å²) < 4.78 is 0. The summed E-state index contributed by atoms with van der Waals surface area (Å²) in [6.07, 6.45) is 7.96. The number of nitrogens with zero attached hydrogens (tertiary/aromatic N) is 2. The van der Waals surface area contributed by atoms with E-state index in [9.17, 15) is 0 Å². The van der Waals surface area contributed by atoms with E-state index in [1.165, 1.54) is 39.1 Å². The van der Waals surface area contributed by atoms with Crippen LogP contribution < -0.4 is 9.80 Å². The molecule has 0 aromatic heterocycles. The fraction of sp³-hybridized carbons (Fsp3) is 0.130. The lowest BCUT2D eigenvalue weighted by Crippen LogP contribution is -2.17. The quantitative estimate of drug-likeness (QED) is 0.175. The van der Waals surface area contributed by atoms with Crippen molar-refractivity contribution < 1.29 is 0 Å². The molecule has 0 spiro atoms. The first-order valence-electron chi connectivity index (χ1n) is 17.0. The van der Waals surface area contributed by atoms with Crippen LogP contribution in [-0.4, -0.2) is 0 Å². The number of hydrogen-bond donors (Lipinski definition) is 0. The highest BCUT2D eigenvalue weighted by Crippen LogP contribution is 2.49. The molecule has 234 valence electrons. The number of hydrogen-bond acceptors (Lipinski definition) is 2. The Morgan fingerprint density at radius 1 is 0.500 bits per heavy atom. The minimum Gasteiger partial charge on any atom is -0.311 e. The number of anilines is 5. The maximum atomic E-state index is 2.38. The third kappa shape index (κ3) is 5.34. The molecule has 0 radical (unpaired) electrons. The van der Waals surface area contributed by atoms with Crippen LogP contribution in [0.2, 0.25) is 0 Å². The summed E-state index contributed by atoms with van der Waals surface area (Å²) in [5.74, 6) is 0.561. The summed E-state index contributed by atoms with van der Waals surface area (Å²) in [5, 5.41) is 0. The van der Waals surface area contributed by atoms with Crippen LogP contribution in [0.25, 0.3) is 22.3 Å². The first kappa shape index (κ1) is 29.8. The molecule has 1 unspecified atom stereocenters. The van der Waals surface area contributed by atoms with Gasteiger partial charge in [-0.15, -0.1) is 0 Å². The average Bonchev–Trinajstić information content (AvgIpc) is 3.37. The number of para-hydroxylation sites is 2. The molecule has 0 saturated carbocycles. The van der Waals surface area contributed by atoms with Crippen molar-refractivity contribution in [3.63, 3.8) is 0 Å². The molecule has 2 nitrogen and oxygen atoms in total. The van der Waals surface area contributed by atoms with Gasteiger partial charge in [0.05, 0.1) is 0 Å². The molecule has 48 heavy (non-hydrogen) atoms. The molecule has 2 aliphatic carbocycles. The van der Waals surface area contributed by atoms with E-state index in [0.717, 1.165) is 34.9 Å². The van der Waals surface area contributed by atoms with Gasteiger partial charge in [-0.05, 0) is 119 Å². The standard InChI is InChI=1S/C46H40N2/c1-33-18-23-38(24-19-33)47(36-12-6-4-7-13-36)40-27-29-41(30-28-40)48(37-14-8-5-9-15-37)39-25-20-34(21-26-39)35-22-31-45-43(32-35)42-16-10-11-17-44(42)46(45,2)3/h4-18,20-33H,19H2,1-3H3. The van der Waals surface area contributed by atoms with Crippen LogP contribution in [0.4, 0.5) is 28.4 Å². The number of allylic oxidation sites excluding steroid dienone is 3. The lowest BCUT2D eigenvalue weighted by Gasteiger charge is -2.30. The molecule has 0 amide bonds. The lowest BCUT2D eigenvalue weighted by molar-refractivity contribution is 0.660. The highest BCUT2D eigenvalue weighted by Gasteiger charge is 2.35. The number of rotatable bonds is 7. The smallest absolute Gasteiger partial charge is 0.0463 e. The third-order valence-electron chi connectivity index (χ3n) is 9.99. The van der Waals surface area contributed by atoms with Crippen LogP contribution in [0.1, 0.15) is 38.3 Å². The Hall–Kier alpha value is -5.60. The molecule has 0 heterocycles. The van der Waals surface area contributed by atoms with E-state index in [4.69, 9.17) is 0 Å². The highest BCUT2D eigenvalue weighted by molar-refractivity contribution is 5.85. The fourth-order valence-corrected chi connectivity index (χ4v) is 7.38. The van der Waals surface area contributed by atoms with E-state index in [1.807, 2.05) is 0 Å². The number of benzene rings is 6. The molecule has 1 atom stereocenters. The predicted octanol–water partition coefficient (Wildman–Crippen LogP) is 12.7. The molecule has 0 bridgehead atoms. The molecule has 0 fully saturated rings. The van der Waals surface area contributed by atoms with E-state index >= 15 is 0 Å². The summed E-state index contributed by atoms with van der Waals surface area (Å²) in [7, 11) is 0. The van der Waals surface area contributed by atoms with Gasteiger partial charge in [0, 0.05) is 39.5 Å². The highest BCUT2D eigenvalue weighted by atomic mass is 15.2. The van der Waals surface area contributed by atoms with Crippen molar-refractivity contribution in [1.82, 2.24) is 0 Å². The van der Waals surface area contributed by atoms with E-state index in [2.05, 4.69) is 200 Å². The Labute approximate surface area is 284 Å². The Morgan fingerprint density at radius 3 is 1.62 bits per heavy atom. The van der Waals surface area contributed by atoms with Gasteiger partial charge in [-0.25, -0.2) is 0 Å². The molecule has 6 aromatic carbocycles. The molecule has 6 aromatic rings. The van der Waals surface area contributed by atoms with Gasteiger partial charge in [0.25, 0.3) is 0 Å². The van der Waals surface area contributed by atoms with Crippen molar-refractivity contribution in [2.24, 2.45) is 5.92 Å². The predicted molar refractivity (Wildman–Crippen MR) is 204 cm³/mol. The van der Waals surface area contributed by atoms with Crippen LogP contribution in [0.15, 0.2) is 176 Å². The first-order chi connectivity index (χ1) is 23.5. The van der Waals surface area contributed by atoms with E-state index < -0.39 is 0 Å². The molecule has 8 rings (SSSR count). The number of fused-ring (bicyclic) bond motifs is 3. The monoisotopic (exact) mass is 620 g/mol. The Balaban J connectivity index is 1.14. The summed E-state index contributed by atoms with van der Waals surface area (Å²) in [6, 6.07) is 55.1. The van der Waals surface area contributed by atoms with Crippen LogP contribution in [0.5, 0.6) is 0 Å². The van der Waals surface area contributed by atoms with Gasteiger partial charge in [0.2, 0.25) is 0 Å². The fourth-order valence-electron chi connectivity index (χ4n) is 7.38. The minimum atomic E-state index is 0.0147. The van der Waals surface area contributed by atoms with Crippen molar-refractivity contribution in [2.75, 3.05) is 9.80 Å². The molecule has 2 aliphatic rings. The first-order valence-corrected chi connectivity index (χ1v) is 17.0. The molecular weight excluding hydrogens is 581 g/mol. The van der Waals surface area contributed by atoms with Crippen molar-refractivity contribution in [3.8, 4) is 22.3 Å². The zero-order chi connectivity index (χ0) is 32.7. The summed E-state index contributed by atoms with van der Waals surface area (Å²) in [5.41, 5.74) is 14.9. The van der Waals surface area contributed by atoms with E-state index in [-0.39, 0.29) is 5.41 Å². The summed E-state index contributed by atoms with van der Waals surface area (Å²) in [6.45, 7) is 6.93. The molecule has 0 N–H and O–H groups in total. The largest absolute Gasteiger partial charge is 0.311 e. The van der Waals surface area contributed by atoms with Crippen molar-refractivity contribution >= 4 is 28.4 Å². The normalized spacial score (nSPS) is 15.7. The van der Waals surface area contributed by atoms with Gasteiger partial charge in [0.15, 0.2) is 0 Å². The van der Waals surface area contributed by atoms with Gasteiger partial charge in [-0.2, -0.15) is 0 Å². The second-order valence-electron chi connectivity index (χ2n) is 13.5.